The fraction of sp³-hybridized carbons (Fsp3) is 0.100. The van der Waals surface area contributed by atoms with Crippen LogP contribution in [0.3, 0.4) is 0 Å². The maximum Gasteiger partial charge on any atom is 0.210 e. The Morgan fingerprint density at radius 3 is 1.59 bits per heavy atom. The molecule has 7 heteroatoms. The van der Waals surface area contributed by atoms with Gasteiger partial charge in [-0.25, -0.2) is 16.8 Å². The Balaban J connectivity index is 2.27. The van der Waals surface area contributed by atoms with Crippen molar-refractivity contribution in [2.45, 2.75) is 32.9 Å². The average molecular weight is 402 g/mol. The number of phenolic OH excluding ortho intramolecular Hbond substituents is 1. The van der Waals surface area contributed by atoms with Crippen molar-refractivity contribution in [2.75, 3.05) is 0 Å². The Kier molecular flexibility index (Phi) is 5.08. The maximum absolute atomic E-state index is 13.1. The first-order chi connectivity index (χ1) is 12.8. The van der Waals surface area contributed by atoms with Gasteiger partial charge in [-0.05, 0) is 48.4 Å². The predicted molar refractivity (Wildman–Crippen MR) is 101 cm³/mol. The lowest BCUT2D eigenvalue weighted by molar-refractivity contribution is 0.456. The quantitative estimate of drug-likeness (QED) is 0.704. The number of benzene rings is 3. The van der Waals surface area contributed by atoms with E-state index in [-0.39, 0.29) is 14.7 Å². The molecule has 0 aliphatic rings. The third kappa shape index (κ3) is 3.48. The van der Waals surface area contributed by atoms with Crippen LogP contribution in [0.2, 0.25) is 0 Å². The average Bonchev–Trinajstić information content (AvgIpc) is 2.68. The predicted octanol–water partition coefficient (Wildman–Crippen LogP) is 3.62. The monoisotopic (exact) mass is 402 g/mol. The summed E-state index contributed by atoms with van der Waals surface area (Å²) in [6.07, 6.45) is 0.320. The molecule has 0 spiro atoms. The Morgan fingerprint density at radius 1 is 0.704 bits per heavy atom. The summed E-state index contributed by atoms with van der Waals surface area (Å²) in [6, 6.07) is 17.7. The highest BCUT2D eigenvalue weighted by Gasteiger charge is 2.28. The Bertz CT molecular complexity index is 1170. The highest BCUT2D eigenvalue weighted by molar-refractivity contribution is 7.92. The van der Waals surface area contributed by atoms with Gasteiger partial charge in [-0.15, -0.1) is 0 Å². The van der Waals surface area contributed by atoms with Crippen LogP contribution in [0.4, 0.5) is 0 Å². The molecule has 0 aliphatic carbocycles. The summed E-state index contributed by atoms with van der Waals surface area (Å²) in [6.45, 7) is 1.74. The third-order valence-electron chi connectivity index (χ3n) is 4.21. The lowest BCUT2D eigenvalue weighted by atomic mass is 10.1. The van der Waals surface area contributed by atoms with Gasteiger partial charge < -0.3 is 5.11 Å². The van der Waals surface area contributed by atoms with Crippen LogP contribution in [0.15, 0.2) is 92.4 Å². The number of rotatable bonds is 5. The molecular formula is C20H18O5S2. The molecule has 140 valence electrons. The molecule has 3 rings (SSSR count). The number of aromatic hydroxyl groups is 1. The number of sulfone groups is 2. The zero-order valence-electron chi connectivity index (χ0n) is 14.5. The molecule has 0 radical (unpaired) electrons. The largest absolute Gasteiger partial charge is 0.507 e. The van der Waals surface area contributed by atoms with Gasteiger partial charge in [0.1, 0.15) is 10.6 Å². The van der Waals surface area contributed by atoms with Crippen molar-refractivity contribution in [1.82, 2.24) is 0 Å². The van der Waals surface area contributed by atoms with E-state index in [4.69, 9.17) is 0 Å². The molecule has 0 heterocycles. The van der Waals surface area contributed by atoms with Crippen LogP contribution in [0.1, 0.15) is 12.5 Å². The first-order valence-electron chi connectivity index (χ1n) is 8.24. The molecule has 0 unspecified atom stereocenters. The third-order valence-corrected chi connectivity index (χ3v) is 7.86. The molecule has 0 aliphatic heterocycles. The molecule has 3 aromatic rings. The molecule has 0 atom stereocenters. The van der Waals surface area contributed by atoms with Crippen LogP contribution < -0.4 is 0 Å². The summed E-state index contributed by atoms with van der Waals surface area (Å²) in [5.74, 6) is -0.470. The molecule has 27 heavy (non-hydrogen) atoms. The van der Waals surface area contributed by atoms with Gasteiger partial charge >= 0.3 is 0 Å². The minimum Gasteiger partial charge on any atom is -0.507 e. The van der Waals surface area contributed by atoms with Crippen LogP contribution in [0.5, 0.6) is 5.75 Å². The van der Waals surface area contributed by atoms with Crippen LogP contribution in [0, 0.1) is 0 Å². The smallest absolute Gasteiger partial charge is 0.210 e. The van der Waals surface area contributed by atoms with Crippen LogP contribution >= 0.6 is 0 Å². The molecule has 0 aromatic heterocycles. The van der Waals surface area contributed by atoms with Crippen LogP contribution in [0.25, 0.3) is 0 Å². The Morgan fingerprint density at radius 2 is 1.15 bits per heavy atom. The van der Waals surface area contributed by atoms with Crippen molar-refractivity contribution in [2.24, 2.45) is 0 Å². The van der Waals surface area contributed by atoms with E-state index in [1.54, 1.807) is 43.3 Å². The topological polar surface area (TPSA) is 88.5 Å². The molecule has 3 aromatic carbocycles. The van der Waals surface area contributed by atoms with Crippen molar-refractivity contribution in [3.63, 3.8) is 0 Å². The van der Waals surface area contributed by atoms with Crippen molar-refractivity contribution in [3.8, 4) is 5.75 Å². The molecule has 0 bridgehead atoms. The summed E-state index contributed by atoms with van der Waals surface area (Å²) < 4.78 is 52.0. The van der Waals surface area contributed by atoms with Crippen LogP contribution in [-0.2, 0) is 26.1 Å². The van der Waals surface area contributed by atoms with Gasteiger partial charge in [-0.1, -0.05) is 43.3 Å². The van der Waals surface area contributed by atoms with Crippen molar-refractivity contribution in [3.05, 3.63) is 78.4 Å². The second-order valence-corrected chi connectivity index (χ2v) is 9.75. The fourth-order valence-electron chi connectivity index (χ4n) is 2.79. The van der Waals surface area contributed by atoms with E-state index in [9.17, 15) is 21.9 Å². The minimum atomic E-state index is -4.07. The zero-order valence-corrected chi connectivity index (χ0v) is 16.2. The first kappa shape index (κ1) is 19.1. The lowest BCUT2D eigenvalue weighted by Crippen LogP contribution is -2.09. The van der Waals surface area contributed by atoms with Gasteiger partial charge in [0.05, 0.1) is 14.7 Å². The van der Waals surface area contributed by atoms with Crippen molar-refractivity contribution in [1.29, 1.82) is 0 Å². The van der Waals surface area contributed by atoms with Crippen molar-refractivity contribution < 1.29 is 21.9 Å². The van der Waals surface area contributed by atoms with Crippen LogP contribution in [-0.4, -0.2) is 21.9 Å². The van der Waals surface area contributed by atoms with Gasteiger partial charge in [0.25, 0.3) is 0 Å². The number of hydrogen-bond acceptors (Lipinski definition) is 5. The fourth-order valence-corrected chi connectivity index (χ4v) is 5.83. The van der Waals surface area contributed by atoms with E-state index < -0.39 is 30.3 Å². The molecule has 0 amide bonds. The van der Waals surface area contributed by atoms with Gasteiger partial charge in [0, 0.05) is 0 Å². The molecule has 0 fully saturated rings. The van der Waals surface area contributed by atoms with E-state index in [0.717, 1.165) is 6.07 Å². The lowest BCUT2D eigenvalue weighted by Gasteiger charge is -2.14. The number of hydrogen-bond donors (Lipinski definition) is 1. The van der Waals surface area contributed by atoms with Gasteiger partial charge in [0.2, 0.25) is 19.7 Å². The second kappa shape index (κ2) is 7.17. The molecule has 0 saturated carbocycles. The first-order valence-corrected chi connectivity index (χ1v) is 11.2. The summed E-state index contributed by atoms with van der Waals surface area (Å²) >= 11 is 0. The standard InChI is InChI=1S/C20H18O5S2/c1-2-15-13-18(21)20(27(24,25)17-11-7-4-8-12-17)14-19(15)26(22,23)16-9-5-3-6-10-16/h3-14,21H,2H2,1H3. The molecule has 5 nitrogen and oxygen atoms in total. The minimum absolute atomic E-state index is 0.0207. The molecule has 1 N–H and O–H groups in total. The summed E-state index contributed by atoms with van der Waals surface area (Å²) in [4.78, 5) is -0.509. The summed E-state index contributed by atoms with van der Waals surface area (Å²) in [5, 5.41) is 10.3. The number of phenols is 1. The normalized spacial score (nSPS) is 12.0. The SMILES string of the molecule is CCc1cc(O)c(S(=O)(=O)c2ccccc2)cc1S(=O)(=O)c1ccccc1. The van der Waals surface area contributed by atoms with E-state index in [1.807, 2.05) is 0 Å². The van der Waals surface area contributed by atoms with Crippen molar-refractivity contribution >= 4 is 19.7 Å². The second-order valence-electron chi connectivity index (χ2n) is 5.91. The van der Waals surface area contributed by atoms with Gasteiger partial charge in [-0.3, -0.25) is 0 Å². The van der Waals surface area contributed by atoms with Gasteiger partial charge in [-0.2, -0.15) is 0 Å². The Labute approximate surface area is 158 Å². The Hall–Kier alpha value is -2.64. The summed E-state index contributed by atoms with van der Waals surface area (Å²) in [5.41, 5.74) is 0.350. The van der Waals surface area contributed by atoms with Gasteiger partial charge in [0.15, 0.2) is 0 Å². The maximum atomic E-state index is 13.1. The van der Waals surface area contributed by atoms with E-state index in [2.05, 4.69) is 0 Å². The highest BCUT2D eigenvalue weighted by Crippen LogP contribution is 2.35. The van der Waals surface area contributed by atoms with E-state index >= 15 is 0 Å². The molecular weight excluding hydrogens is 384 g/mol. The zero-order chi connectivity index (χ0) is 19.7. The number of aryl methyl sites for hydroxylation is 1. The van der Waals surface area contributed by atoms with E-state index in [0.29, 0.717) is 12.0 Å². The molecule has 0 saturated heterocycles. The van der Waals surface area contributed by atoms with E-state index in [1.165, 1.54) is 30.3 Å². The summed E-state index contributed by atoms with van der Waals surface area (Å²) in [7, 11) is -8.01. The highest BCUT2D eigenvalue weighted by atomic mass is 32.2.